The van der Waals surface area contributed by atoms with Crippen LogP contribution in [0.25, 0.3) is 0 Å². The lowest BCUT2D eigenvalue weighted by molar-refractivity contribution is 0.324. The summed E-state index contributed by atoms with van der Waals surface area (Å²) in [5, 5.41) is 3.68. The second kappa shape index (κ2) is 5.04. The van der Waals surface area contributed by atoms with Crippen molar-refractivity contribution >= 4 is 0 Å². The number of nitrogens with zero attached hydrogens (tertiary/aromatic N) is 2. The first-order chi connectivity index (χ1) is 8.83. The van der Waals surface area contributed by atoms with Crippen LogP contribution in [0.15, 0.2) is 12.4 Å². The molecule has 2 saturated carbocycles. The highest BCUT2D eigenvalue weighted by Crippen LogP contribution is 2.56. The fourth-order valence-corrected chi connectivity index (χ4v) is 3.75. The van der Waals surface area contributed by atoms with E-state index in [1.165, 1.54) is 31.5 Å². The molecule has 3 unspecified atom stereocenters. The Morgan fingerprint density at radius 3 is 2.78 bits per heavy atom. The second-order valence-corrected chi connectivity index (χ2v) is 6.00. The number of hydrogen-bond acceptors (Lipinski definition) is 2. The molecule has 3 rings (SSSR count). The number of imidazole rings is 1. The van der Waals surface area contributed by atoms with Gasteiger partial charge in [-0.15, -0.1) is 0 Å². The molecule has 2 aliphatic rings. The van der Waals surface area contributed by atoms with E-state index in [-0.39, 0.29) is 0 Å². The van der Waals surface area contributed by atoms with Gasteiger partial charge < -0.3 is 9.88 Å². The smallest absolute Gasteiger partial charge is 0.126 e. The fourth-order valence-electron chi connectivity index (χ4n) is 3.75. The van der Waals surface area contributed by atoms with Gasteiger partial charge in [0.1, 0.15) is 5.82 Å². The number of rotatable bonds is 6. The van der Waals surface area contributed by atoms with E-state index >= 15 is 0 Å². The zero-order valence-corrected chi connectivity index (χ0v) is 11.6. The number of aryl methyl sites for hydroxylation is 1. The number of aromatic nitrogens is 2. The molecule has 0 bridgehead atoms. The summed E-state index contributed by atoms with van der Waals surface area (Å²) in [6, 6.07) is 0.476. The molecule has 0 spiro atoms. The van der Waals surface area contributed by atoms with Crippen LogP contribution in [0.5, 0.6) is 0 Å². The van der Waals surface area contributed by atoms with Crippen molar-refractivity contribution in [3.63, 3.8) is 0 Å². The van der Waals surface area contributed by atoms with E-state index in [0.717, 1.165) is 30.8 Å². The number of hydrogen-bond donors (Lipinski definition) is 1. The van der Waals surface area contributed by atoms with Gasteiger partial charge in [0, 0.05) is 18.9 Å². The van der Waals surface area contributed by atoms with E-state index in [9.17, 15) is 0 Å². The number of nitrogens with one attached hydrogen (secondary N) is 1. The molecule has 3 heteroatoms. The normalized spacial score (nSPS) is 31.3. The standard InChI is InChI=1S/C15H25N3/c1-3-6-18-7-5-17-15(18)14(16-4-2)13-9-11-8-12(11)10-13/h5,7,11-14,16H,3-4,6,8-10H2,1-2H3. The van der Waals surface area contributed by atoms with E-state index < -0.39 is 0 Å². The summed E-state index contributed by atoms with van der Waals surface area (Å²) in [7, 11) is 0. The van der Waals surface area contributed by atoms with Crippen LogP contribution in [0, 0.1) is 17.8 Å². The van der Waals surface area contributed by atoms with Crippen molar-refractivity contribution < 1.29 is 0 Å². The molecule has 0 aromatic carbocycles. The van der Waals surface area contributed by atoms with Crippen molar-refractivity contribution in [2.24, 2.45) is 17.8 Å². The lowest BCUT2D eigenvalue weighted by Gasteiger charge is -2.26. The molecule has 100 valence electrons. The Bertz CT molecular complexity index is 388. The molecule has 3 nitrogen and oxygen atoms in total. The molecule has 1 aromatic heterocycles. The molecule has 1 aromatic rings. The number of fused-ring (bicyclic) bond motifs is 1. The second-order valence-electron chi connectivity index (χ2n) is 6.00. The summed E-state index contributed by atoms with van der Waals surface area (Å²) >= 11 is 0. The van der Waals surface area contributed by atoms with Crippen LogP contribution < -0.4 is 5.32 Å². The SMILES string of the molecule is CCCn1ccnc1C(NCC)C1CC2CC2C1. The van der Waals surface area contributed by atoms with Crippen LogP contribution in [0.2, 0.25) is 0 Å². The van der Waals surface area contributed by atoms with E-state index in [1.807, 2.05) is 6.20 Å². The molecule has 0 aliphatic heterocycles. The van der Waals surface area contributed by atoms with E-state index in [4.69, 9.17) is 0 Å². The summed E-state index contributed by atoms with van der Waals surface area (Å²) in [5.41, 5.74) is 0. The van der Waals surface area contributed by atoms with Crippen LogP contribution in [0.1, 0.15) is 51.4 Å². The van der Waals surface area contributed by atoms with Crippen LogP contribution >= 0.6 is 0 Å². The predicted molar refractivity (Wildman–Crippen MR) is 73.3 cm³/mol. The van der Waals surface area contributed by atoms with E-state index in [2.05, 4.69) is 34.9 Å². The molecule has 2 fully saturated rings. The highest BCUT2D eigenvalue weighted by Gasteiger charge is 2.48. The molecule has 3 atom stereocenters. The van der Waals surface area contributed by atoms with Crippen LogP contribution in [0.4, 0.5) is 0 Å². The first kappa shape index (κ1) is 12.2. The Morgan fingerprint density at radius 1 is 1.33 bits per heavy atom. The first-order valence-electron chi connectivity index (χ1n) is 7.57. The molecule has 18 heavy (non-hydrogen) atoms. The van der Waals surface area contributed by atoms with Crippen molar-refractivity contribution in [3.05, 3.63) is 18.2 Å². The van der Waals surface area contributed by atoms with Gasteiger partial charge in [-0.1, -0.05) is 13.8 Å². The third-order valence-corrected chi connectivity index (χ3v) is 4.67. The first-order valence-corrected chi connectivity index (χ1v) is 7.57. The monoisotopic (exact) mass is 247 g/mol. The topological polar surface area (TPSA) is 29.9 Å². The Balaban J connectivity index is 1.77. The Kier molecular flexibility index (Phi) is 3.42. The summed E-state index contributed by atoms with van der Waals surface area (Å²) in [6.45, 7) is 6.57. The van der Waals surface area contributed by atoms with Gasteiger partial charge >= 0.3 is 0 Å². The largest absolute Gasteiger partial charge is 0.334 e. The minimum Gasteiger partial charge on any atom is -0.334 e. The average Bonchev–Trinajstić information content (AvgIpc) is 2.78. The minimum absolute atomic E-state index is 0.476. The molecule has 0 radical (unpaired) electrons. The van der Waals surface area contributed by atoms with Crippen molar-refractivity contribution in [1.82, 2.24) is 14.9 Å². The predicted octanol–water partition coefficient (Wildman–Crippen LogP) is 2.99. The van der Waals surface area contributed by atoms with Crippen molar-refractivity contribution in [2.75, 3.05) is 6.54 Å². The maximum atomic E-state index is 4.64. The quantitative estimate of drug-likeness (QED) is 0.837. The van der Waals surface area contributed by atoms with Gasteiger partial charge in [0.15, 0.2) is 0 Å². The van der Waals surface area contributed by atoms with E-state index in [1.54, 1.807) is 0 Å². The zero-order chi connectivity index (χ0) is 12.5. The van der Waals surface area contributed by atoms with Gasteiger partial charge in [0.2, 0.25) is 0 Å². The van der Waals surface area contributed by atoms with Gasteiger partial charge in [-0.05, 0) is 50.0 Å². The average molecular weight is 247 g/mol. The third-order valence-electron chi connectivity index (χ3n) is 4.67. The molecule has 0 saturated heterocycles. The molecule has 0 amide bonds. The molecule has 1 heterocycles. The van der Waals surface area contributed by atoms with Crippen molar-refractivity contribution in [3.8, 4) is 0 Å². The molecular weight excluding hydrogens is 222 g/mol. The molecule has 1 N–H and O–H groups in total. The maximum Gasteiger partial charge on any atom is 0.126 e. The third kappa shape index (κ3) is 2.20. The summed E-state index contributed by atoms with van der Waals surface area (Å²) in [5.74, 6) is 4.17. The lowest BCUT2D eigenvalue weighted by Crippen LogP contribution is -2.30. The maximum absolute atomic E-state index is 4.64. The molecular formula is C15H25N3. The highest BCUT2D eigenvalue weighted by atomic mass is 15.1. The fraction of sp³-hybridized carbons (Fsp3) is 0.800. The van der Waals surface area contributed by atoms with Crippen LogP contribution in [0.3, 0.4) is 0 Å². The Hall–Kier alpha value is -0.830. The van der Waals surface area contributed by atoms with Crippen LogP contribution in [-0.4, -0.2) is 16.1 Å². The summed E-state index contributed by atoms with van der Waals surface area (Å²) in [6.07, 6.45) is 9.61. The highest BCUT2D eigenvalue weighted by molar-refractivity contribution is 5.07. The van der Waals surface area contributed by atoms with Gasteiger partial charge in [0.05, 0.1) is 6.04 Å². The van der Waals surface area contributed by atoms with Crippen LogP contribution in [-0.2, 0) is 6.54 Å². The van der Waals surface area contributed by atoms with E-state index in [0.29, 0.717) is 6.04 Å². The Morgan fingerprint density at radius 2 is 2.11 bits per heavy atom. The summed E-state index contributed by atoms with van der Waals surface area (Å²) in [4.78, 5) is 4.64. The van der Waals surface area contributed by atoms with Gasteiger partial charge in [-0.2, -0.15) is 0 Å². The Labute approximate surface area is 110 Å². The van der Waals surface area contributed by atoms with Gasteiger partial charge in [0.25, 0.3) is 0 Å². The van der Waals surface area contributed by atoms with Gasteiger partial charge in [-0.3, -0.25) is 0 Å². The van der Waals surface area contributed by atoms with Gasteiger partial charge in [-0.25, -0.2) is 4.98 Å². The van der Waals surface area contributed by atoms with Crippen molar-refractivity contribution in [1.29, 1.82) is 0 Å². The molecule has 2 aliphatic carbocycles. The summed E-state index contributed by atoms with van der Waals surface area (Å²) < 4.78 is 2.34. The lowest BCUT2D eigenvalue weighted by atomic mass is 9.93. The van der Waals surface area contributed by atoms with Crippen molar-refractivity contribution in [2.45, 2.75) is 52.1 Å². The zero-order valence-electron chi connectivity index (χ0n) is 11.6. The minimum atomic E-state index is 0.476.